The SMILES string of the molecule is CCn1c(C(NC(=O)c2cccs2)c2ccccc2)nc2ccccc21. The molecular formula is C21H19N3OS. The van der Waals surface area contributed by atoms with E-state index >= 15 is 0 Å². The first-order valence-corrected chi connectivity index (χ1v) is 9.50. The van der Waals surface area contributed by atoms with Gasteiger partial charge in [-0.2, -0.15) is 0 Å². The lowest BCUT2D eigenvalue weighted by molar-refractivity contribution is 0.0945. The van der Waals surface area contributed by atoms with Gasteiger partial charge in [0.15, 0.2) is 0 Å². The van der Waals surface area contributed by atoms with Crippen LogP contribution in [0.3, 0.4) is 0 Å². The van der Waals surface area contributed by atoms with Gasteiger partial charge in [0.1, 0.15) is 11.9 Å². The van der Waals surface area contributed by atoms with Gasteiger partial charge in [0.05, 0.1) is 15.9 Å². The summed E-state index contributed by atoms with van der Waals surface area (Å²) in [6, 6.07) is 21.5. The highest BCUT2D eigenvalue weighted by Crippen LogP contribution is 2.26. The minimum Gasteiger partial charge on any atom is -0.337 e. The Bertz CT molecular complexity index is 1020. The first-order chi connectivity index (χ1) is 12.8. The Morgan fingerprint density at radius 3 is 2.58 bits per heavy atom. The molecule has 0 spiro atoms. The monoisotopic (exact) mass is 361 g/mol. The molecule has 0 radical (unpaired) electrons. The molecule has 4 nitrogen and oxygen atoms in total. The Morgan fingerprint density at radius 1 is 1.08 bits per heavy atom. The molecule has 5 heteroatoms. The predicted molar refractivity (Wildman–Crippen MR) is 105 cm³/mol. The number of carbonyl (C=O) groups is 1. The number of nitrogens with zero attached hydrogens (tertiary/aromatic N) is 2. The van der Waals surface area contributed by atoms with Gasteiger partial charge in [0.2, 0.25) is 0 Å². The average Bonchev–Trinajstić information content (AvgIpc) is 3.34. The summed E-state index contributed by atoms with van der Waals surface area (Å²) in [7, 11) is 0. The molecule has 1 N–H and O–H groups in total. The van der Waals surface area contributed by atoms with Gasteiger partial charge in [-0.1, -0.05) is 48.5 Å². The molecule has 0 aliphatic rings. The minimum atomic E-state index is -0.307. The minimum absolute atomic E-state index is 0.0800. The van der Waals surface area contributed by atoms with Gasteiger partial charge in [-0.25, -0.2) is 4.98 Å². The first-order valence-electron chi connectivity index (χ1n) is 8.62. The molecule has 0 saturated heterocycles. The fourth-order valence-corrected chi connectivity index (χ4v) is 3.83. The Balaban J connectivity index is 1.82. The second-order valence-electron chi connectivity index (χ2n) is 6.00. The maximum Gasteiger partial charge on any atom is 0.262 e. The molecule has 2 aromatic carbocycles. The number of imidazole rings is 1. The van der Waals surface area contributed by atoms with Crippen molar-refractivity contribution in [2.24, 2.45) is 0 Å². The van der Waals surface area contributed by atoms with Gasteiger partial charge in [-0.15, -0.1) is 11.3 Å². The lowest BCUT2D eigenvalue weighted by atomic mass is 10.1. The Kier molecular flexibility index (Phi) is 4.54. The van der Waals surface area contributed by atoms with Gasteiger partial charge in [0, 0.05) is 6.54 Å². The van der Waals surface area contributed by atoms with Gasteiger partial charge in [-0.05, 0) is 36.1 Å². The van der Waals surface area contributed by atoms with E-state index in [2.05, 4.69) is 22.9 Å². The van der Waals surface area contributed by atoms with E-state index in [-0.39, 0.29) is 11.9 Å². The van der Waals surface area contributed by atoms with Crippen LogP contribution in [0.4, 0.5) is 0 Å². The molecule has 0 bridgehead atoms. The van der Waals surface area contributed by atoms with E-state index in [0.717, 1.165) is 29.0 Å². The van der Waals surface area contributed by atoms with Crippen LogP contribution in [0.5, 0.6) is 0 Å². The molecule has 0 aliphatic carbocycles. The van der Waals surface area contributed by atoms with Crippen LogP contribution in [0.1, 0.15) is 34.0 Å². The number of aromatic nitrogens is 2. The largest absolute Gasteiger partial charge is 0.337 e. The fraction of sp³-hybridized carbons (Fsp3) is 0.143. The zero-order chi connectivity index (χ0) is 17.9. The summed E-state index contributed by atoms with van der Waals surface area (Å²) in [5.74, 6) is 0.772. The van der Waals surface area contributed by atoms with Crippen molar-refractivity contribution >= 4 is 28.3 Å². The number of hydrogen-bond acceptors (Lipinski definition) is 3. The van der Waals surface area contributed by atoms with Crippen molar-refractivity contribution in [1.82, 2.24) is 14.9 Å². The van der Waals surface area contributed by atoms with E-state index in [0.29, 0.717) is 4.88 Å². The van der Waals surface area contributed by atoms with E-state index in [9.17, 15) is 4.79 Å². The fourth-order valence-electron chi connectivity index (χ4n) is 3.20. The van der Waals surface area contributed by atoms with Gasteiger partial charge < -0.3 is 9.88 Å². The molecule has 1 atom stereocenters. The van der Waals surface area contributed by atoms with Crippen LogP contribution in [0.2, 0.25) is 0 Å². The van der Waals surface area contributed by atoms with Crippen molar-refractivity contribution in [1.29, 1.82) is 0 Å². The van der Waals surface area contributed by atoms with Gasteiger partial charge in [0.25, 0.3) is 5.91 Å². The number of rotatable bonds is 5. The highest BCUT2D eigenvalue weighted by Gasteiger charge is 2.24. The van der Waals surface area contributed by atoms with Gasteiger partial charge >= 0.3 is 0 Å². The van der Waals surface area contributed by atoms with Crippen LogP contribution in [-0.4, -0.2) is 15.5 Å². The Labute approximate surface area is 156 Å². The molecule has 130 valence electrons. The highest BCUT2D eigenvalue weighted by atomic mass is 32.1. The molecular weight excluding hydrogens is 342 g/mol. The van der Waals surface area contributed by atoms with Crippen molar-refractivity contribution in [3.63, 3.8) is 0 Å². The Hall–Kier alpha value is -2.92. The molecule has 26 heavy (non-hydrogen) atoms. The third-order valence-electron chi connectivity index (χ3n) is 4.41. The van der Waals surface area contributed by atoms with Crippen LogP contribution in [0, 0.1) is 0 Å². The average molecular weight is 361 g/mol. The number of aryl methyl sites for hydroxylation is 1. The predicted octanol–water partition coefficient (Wildman–Crippen LogP) is 4.64. The van der Waals surface area contributed by atoms with Crippen LogP contribution >= 0.6 is 11.3 Å². The van der Waals surface area contributed by atoms with Crippen LogP contribution in [0.15, 0.2) is 72.1 Å². The molecule has 2 heterocycles. The smallest absolute Gasteiger partial charge is 0.262 e. The third-order valence-corrected chi connectivity index (χ3v) is 5.28. The summed E-state index contributed by atoms with van der Waals surface area (Å²) >= 11 is 1.44. The van der Waals surface area contributed by atoms with Crippen molar-refractivity contribution in [2.45, 2.75) is 19.5 Å². The number of benzene rings is 2. The number of fused-ring (bicyclic) bond motifs is 1. The zero-order valence-electron chi connectivity index (χ0n) is 14.4. The van der Waals surface area contributed by atoms with Crippen LogP contribution < -0.4 is 5.32 Å². The second kappa shape index (κ2) is 7.14. The van der Waals surface area contributed by atoms with Crippen molar-refractivity contribution in [3.8, 4) is 0 Å². The van der Waals surface area contributed by atoms with Crippen LogP contribution in [0.25, 0.3) is 11.0 Å². The van der Waals surface area contributed by atoms with Crippen LogP contribution in [-0.2, 0) is 6.54 Å². The number of hydrogen-bond donors (Lipinski definition) is 1. The highest BCUT2D eigenvalue weighted by molar-refractivity contribution is 7.12. The maximum absolute atomic E-state index is 12.7. The quantitative estimate of drug-likeness (QED) is 0.563. The topological polar surface area (TPSA) is 46.9 Å². The molecule has 4 rings (SSSR count). The number of carbonyl (C=O) groups excluding carboxylic acids is 1. The summed E-state index contributed by atoms with van der Waals surface area (Å²) in [5, 5.41) is 5.09. The summed E-state index contributed by atoms with van der Waals surface area (Å²) in [5.41, 5.74) is 3.04. The van der Waals surface area contributed by atoms with Crippen molar-refractivity contribution < 1.29 is 4.79 Å². The Morgan fingerprint density at radius 2 is 1.85 bits per heavy atom. The number of amides is 1. The summed E-state index contributed by atoms with van der Waals surface area (Å²) in [4.78, 5) is 18.3. The van der Waals surface area contributed by atoms with E-state index in [1.165, 1.54) is 11.3 Å². The van der Waals surface area contributed by atoms with E-state index in [1.54, 1.807) is 0 Å². The summed E-state index contributed by atoms with van der Waals surface area (Å²) in [6.07, 6.45) is 0. The standard InChI is InChI=1S/C21H19N3OS/c1-2-24-17-12-7-6-11-16(17)22-20(24)19(15-9-4-3-5-10-15)23-21(25)18-13-8-14-26-18/h3-14,19H,2H2,1H3,(H,23,25). The maximum atomic E-state index is 12.7. The molecule has 4 aromatic rings. The van der Waals surface area contributed by atoms with Crippen molar-refractivity contribution in [3.05, 3.63) is 88.4 Å². The molecule has 0 fully saturated rings. The molecule has 2 aromatic heterocycles. The molecule has 1 unspecified atom stereocenters. The lowest BCUT2D eigenvalue weighted by Crippen LogP contribution is -2.30. The number of para-hydroxylation sites is 2. The summed E-state index contributed by atoms with van der Waals surface area (Å²) < 4.78 is 2.17. The molecule has 1 amide bonds. The molecule has 0 saturated carbocycles. The van der Waals surface area contributed by atoms with Crippen molar-refractivity contribution in [2.75, 3.05) is 0 Å². The molecule has 0 aliphatic heterocycles. The lowest BCUT2D eigenvalue weighted by Gasteiger charge is -2.20. The third kappa shape index (κ3) is 3.02. The second-order valence-corrected chi connectivity index (χ2v) is 6.95. The number of nitrogens with one attached hydrogen (secondary N) is 1. The van der Waals surface area contributed by atoms with E-state index < -0.39 is 0 Å². The number of thiophene rings is 1. The summed E-state index contributed by atoms with van der Waals surface area (Å²) in [6.45, 7) is 2.88. The van der Waals surface area contributed by atoms with Gasteiger partial charge in [-0.3, -0.25) is 4.79 Å². The first kappa shape index (κ1) is 16.5. The normalized spacial score (nSPS) is 12.2. The van der Waals surface area contributed by atoms with E-state index in [1.807, 2.05) is 66.0 Å². The van der Waals surface area contributed by atoms with E-state index in [4.69, 9.17) is 4.98 Å². The zero-order valence-corrected chi connectivity index (χ0v) is 15.2.